The molecule has 0 saturated carbocycles. The van der Waals surface area contributed by atoms with Gasteiger partial charge in [0.25, 0.3) is 0 Å². The Labute approximate surface area is 193 Å². The predicted molar refractivity (Wildman–Crippen MR) is 126 cm³/mol. The van der Waals surface area contributed by atoms with E-state index in [0.717, 1.165) is 4.90 Å². The van der Waals surface area contributed by atoms with Crippen LogP contribution in [0.25, 0.3) is 11.0 Å². The fourth-order valence-electron chi connectivity index (χ4n) is 3.34. The van der Waals surface area contributed by atoms with E-state index in [0.29, 0.717) is 32.2 Å². The third kappa shape index (κ3) is 4.55. The SMILES string of the molecule is Cn1c(=O)n(C)c2cc(Sc3ccc(F)cc3)c(NS(=O)(=O)Cc3ccccc3Cl)cc21. The number of imidazole rings is 1. The summed E-state index contributed by atoms with van der Waals surface area (Å²) in [6.07, 6.45) is 0. The Morgan fingerprint density at radius 3 is 2.28 bits per heavy atom. The topological polar surface area (TPSA) is 73.1 Å². The minimum atomic E-state index is -3.82. The van der Waals surface area contributed by atoms with Gasteiger partial charge in [-0.15, -0.1) is 0 Å². The van der Waals surface area contributed by atoms with Crippen molar-refractivity contribution in [2.75, 3.05) is 4.72 Å². The summed E-state index contributed by atoms with van der Waals surface area (Å²) in [7, 11) is -0.543. The molecule has 0 unspecified atom stereocenters. The van der Waals surface area contributed by atoms with Crippen molar-refractivity contribution in [2.45, 2.75) is 15.5 Å². The highest BCUT2D eigenvalue weighted by atomic mass is 35.5. The normalized spacial score (nSPS) is 11.8. The third-order valence-corrected chi connectivity index (χ3v) is 7.64. The summed E-state index contributed by atoms with van der Waals surface area (Å²) in [4.78, 5) is 13.7. The molecule has 1 N–H and O–H groups in total. The first-order valence-electron chi connectivity index (χ1n) is 9.51. The number of halogens is 2. The molecular formula is C22H19ClFN3O3S2. The lowest BCUT2D eigenvalue weighted by Gasteiger charge is -2.14. The molecule has 4 aromatic rings. The van der Waals surface area contributed by atoms with Crippen LogP contribution in [-0.4, -0.2) is 17.6 Å². The maximum Gasteiger partial charge on any atom is 0.328 e. The molecule has 1 aromatic heterocycles. The number of hydrogen-bond donors (Lipinski definition) is 1. The van der Waals surface area contributed by atoms with Gasteiger partial charge >= 0.3 is 5.69 Å². The van der Waals surface area contributed by atoms with E-state index >= 15 is 0 Å². The molecule has 6 nitrogen and oxygen atoms in total. The summed E-state index contributed by atoms with van der Waals surface area (Å²) in [6, 6.07) is 16.0. The highest BCUT2D eigenvalue weighted by Gasteiger charge is 2.19. The summed E-state index contributed by atoms with van der Waals surface area (Å²) < 4.78 is 44.8. The average Bonchev–Trinajstić information content (AvgIpc) is 2.95. The highest BCUT2D eigenvalue weighted by molar-refractivity contribution is 7.99. The number of sulfonamides is 1. The molecule has 0 amide bonds. The molecule has 32 heavy (non-hydrogen) atoms. The number of nitrogens with one attached hydrogen (secondary N) is 1. The van der Waals surface area contributed by atoms with Crippen LogP contribution in [0, 0.1) is 5.82 Å². The van der Waals surface area contributed by atoms with Gasteiger partial charge in [-0.2, -0.15) is 0 Å². The van der Waals surface area contributed by atoms with E-state index in [4.69, 9.17) is 11.6 Å². The Balaban J connectivity index is 1.78. The smallest absolute Gasteiger partial charge is 0.295 e. The summed E-state index contributed by atoms with van der Waals surface area (Å²) in [5, 5.41) is 0.361. The van der Waals surface area contributed by atoms with Crippen molar-refractivity contribution in [3.05, 3.63) is 87.6 Å². The molecule has 0 aliphatic heterocycles. The maximum absolute atomic E-state index is 13.3. The van der Waals surface area contributed by atoms with Crippen molar-refractivity contribution in [3.8, 4) is 0 Å². The molecule has 1 heterocycles. The van der Waals surface area contributed by atoms with Gasteiger partial charge in [0.05, 0.1) is 22.5 Å². The largest absolute Gasteiger partial charge is 0.328 e. The lowest BCUT2D eigenvalue weighted by molar-refractivity contribution is 0.600. The molecule has 0 atom stereocenters. The van der Waals surface area contributed by atoms with Gasteiger partial charge in [0.2, 0.25) is 10.0 Å². The van der Waals surface area contributed by atoms with Crippen molar-refractivity contribution in [1.29, 1.82) is 0 Å². The highest BCUT2D eigenvalue weighted by Crippen LogP contribution is 2.37. The summed E-state index contributed by atoms with van der Waals surface area (Å²) in [5.41, 5.74) is 1.80. The lowest BCUT2D eigenvalue weighted by atomic mass is 10.2. The van der Waals surface area contributed by atoms with Gasteiger partial charge in [0.15, 0.2) is 0 Å². The zero-order chi connectivity index (χ0) is 23.0. The Kier molecular flexibility index (Phi) is 6.07. The fraction of sp³-hybridized carbons (Fsp3) is 0.136. The van der Waals surface area contributed by atoms with E-state index in [9.17, 15) is 17.6 Å². The van der Waals surface area contributed by atoms with E-state index in [1.54, 1.807) is 62.6 Å². The minimum absolute atomic E-state index is 0.228. The number of aromatic nitrogens is 2. The van der Waals surface area contributed by atoms with E-state index in [1.165, 1.54) is 33.0 Å². The summed E-state index contributed by atoms with van der Waals surface area (Å²) in [6.45, 7) is 0. The Hall–Kier alpha value is -2.75. The predicted octanol–water partition coefficient (Wildman–Crippen LogP) is 4.76. The van der Waals surface area contributed by atoms with Crippen molar-refractivity contribution < 1.29 is 12.8 Å². The van der Waals surface area contributed by atoms with Gasteiger partial charge in [0.1, 0.15) is 5.82 Å². The van der Waals surface area contributed by atoms with Crippen molar-refractivity contribution in [1.82, 2.24) is 9.13 Å². The average molecular weight is 492 g/mol. The van der Waals surface area contributed by atoms with Crippen molar-refractivity contribution in [2.24, 2.45) is 14.1 Å². The molecule has 3 aromatic carbocycles. The van der Waals surface area contributed by atoms with Gasteiger partial charge in [-0.1, -0.05) is 41.6 Å². The Morgan fingerprint density at radius 2 is 1.62 bits per heavy atom. The molecule has 0 fully saturated rings. The first kappa shape index (κ1) is 22.4. The number of rotatable bonds is 6. The van der Waals surface area contributed by atoms with Gasteiger partial charge in [-0.05, 0) is 48.0 Å². The standard InChI is InChI=1S/C22H19ClFN3O3S2/c1-26-19-11-18(25-32(29,30)13-14-5-3-4-6-17(14)23)21(12-20(19)27(2)22(26)28)31-16-9-7-15(24)8-10-16/h3-12,25H,13H2,1-2H3. The Bertz CT molecular complexity index is 1480. The number of fused-ring (bicyclic) bond motifs is 1. The van der Waals surface area contributed by atoms with Crippen LogP contribution >= 0.6 is 23.4 Å². The van der Waals surface area contributed by atoms with E-state index in [-0.39, 0.29) is 17.3 Å². The number of hydrogen-bond acceptors (Lipinski definition) is 4. The van der Waals surface area contributed by atoms with Crippen LogP contribution in [-0.2, 0) is 29.9 Å². The van der Waals surface area contributed by atoms with Gasteiger partial charge in [-0.25, -0.2) is 17.6 Å². The van der Waals surface area contributed by atoms with Crippen LogP contribution in [0.5, 0.6) is 0 Å². The maximum atomic E-state index is 13.3. The van der Waals surface area contributed by atoms with Crippen LogP contribution in [0.15, 0.2) is 75.2 Å². The van der Waals surface area contributed by atoms with Crippen LogP contribution < -0.4 is 10.4 Å². The van der Waals surface area contributed by atoms with Crippen molar-refractivity contribution in [3.63, 3.8) is 0 Å². The lowest BCUT2D eigenvalue weighted by Crippen LogP contribution is -2.19. The summed E-state index contributed by atoms with van der Waals surface area (Å²) >= 11 is 7.40. The molecule has 166 valence electrons. The number of aryl methyl sites for hydroxylation is 2. The summed E-state index contributed by atoms with van der Waals surface area (Å²) in [5.74, 6) is -0.671. The Morgan fingerprint density at radius 1 is 1.00 bits per heavy atom. The van der Waals surface area contributed by atoms with Crippen LogP contribution in [0.3, 0.4) is 0 Å². The van der Waals surface area contributed by atoms with E-state index in [2.05, 4.69) is 4.72 Å². The molecule has 0 aliphatic rings. The number of nitrogens with zero attached hydrogens (tertiary/aromatic N) is 2. The van der Waals surface area contributed by atoms with Crippen LogP contribution in [0.4, 0.5) is 10.1 Å². The molecule has 4 rings (SSSR count). The quantitative estimate of drug-likeness (QED) is 0.422. The monoisotopic (exact) mass is 491 g/mol. The molecule has 0 saturated heterocycles. The second-order valence-corrected chi connectivity index (χ2v) is 10.5. The molecule has 0 radical (unpaired) electrons. The zero-order valence-electron chi connectivity index (χ0n) is 17.2. The van der Waals surface area contributed by atoms with Crippen LogP contribution in [0.2, 0.25) is 5.02 Å². The first-order chi connectivity index (χ1) is 15.1. The fourth-order valence-corrected chi connectivity index (χ4v) is 5.84. The minimum Gasteiger partial charge on any atom is -0.295 e. The second-order valence-electron chi connectivity index (χ2n) is 7.25. The molecule has 10 heteroatoms. The van der Waals surface area contributed by atoms with Gasteiger partial charge in [-0.3, -0.25) is 13.9 Å². The van der Waals surface area contributed by atoms with Gasteiger partial charge in [0, 0.05) is 28.9 Å². The number of anilines is 1. The molecule has 0 aliphatic carbocycles. The molecule has 0 bridgehead atoms. The van der Waals surface area contributed by atoms with E-state index in [1.807, 2.05) is 0 Å². The first-order valence-corrected chi connectivity index (χ1v) is 12.4. The van der Waals surface area contributed by atoms with Crippen LogP contribution in [0.1, 0.15) is 5.56 Å². The van der Waals surface area contributed by atoms with E-state index < -0.39 is 10.0 Å². The van der Waals surface area contributed by atoms with Gasteiger partial charge < -0.3 is 0 Å². The number of benzene rings is 3. The molecule has 0 spiro atoms. The molecular weight excluding hydrogens is 473 g/mol. The third-order valence-electron chi connectivity index (χ3n) is 4.98. The second kappa shape index (κ2) is 8.65. The zero-order valence-corrected chi connectivity index (χ0v) is 19.6. The van der Waals surface area contributed by atoms with Crippen molar-refractivity contribution >= 4 is 50.1 Å².